The minimum Gasteiger partial charge on any atom is -0.465 e. The van der Waals surface area contributed by atoms with Crippen LogP contribution in [-0.4, -0.2) is 42.8 Å². The molecule has 1 aromatic heterocycles. The molecule has 34 heavy (non-hydrogen) atoms. The maximum absolute atomic E-state index is 13.0. The predicted molar refractivity (Wildman–Crippen MR) is 132 cm³/mol. The van der Waals surface area contributed by atoms with Gasteiger partial charge >= 0.3 is 5.97 Å². The number of anilines is 2. The van der Waals surface area contributed by atoms with E-state index in [4.69, 9.17) is 10.00 Å². The number of unbranched alkanes of at least 4 members (excludes halogenated alkanes) is 1. The monoisotopic (exact) mass is 483 g/mol. The molecule has 2 aromatic carbocycles. The van der Waals surface area contributed by atoms with Crippen molar-refractivity contribution in [2.75, 3.05) is 28.5 Å². The summed E-state index contributed by atoms with van der Waals surface area (Å²) >= 11 is 0. The molecule has 3 aromatic rings. The zero-order valence-electron chi connectivity index (χ0n) is 19.6. The number of nitrogens with one attached hydrogen (secondary N) is 1. The van der Waals surface area contributed by atoms with Crippen molar-refractivity contribution in [2.24, 2.45) is 7.05 Å². The Morgan fingerprint density at radius 2 is 1.94 bits per heavy atom. The molecular weight excluding hydrogens is 454 g/mol. The van der Waals surface area contributed by atoms with Crippen molar-refractivity contribution in [1.29, 1.82) is 5.26 Å². The van der Waals surface area contributed by atoms with Gasteiger partial charge in [0.25, 0.3) is 0 Å². The van der Waals surface area contributed by atoms with E-state index < -0.39 is 16.0 Å². The Morgan fingerprint density at radius 1 is 1.21 bits per heavy atom. The van der Waals surface area contributed by atoms with Crippen LogP contribution in [0.3, 0.4) is 0 Å². The highest BCUT2D eigenvalue weighted by atomic mass is 32.2. The number of aromatic nitrogens is 2. The Balaban J connectivity index is 1.88. The van der Waals surface area contributed by atoms with Crippen LogP contribution in [-0.2, 0) is 33.1 Å². The topological polar surface area (TPSA) is 117 Å². The molecule has 0 saturated heterocycles. The number of fused-ring (bicyclic) bond motifs is 1. The van der Waals surface area contributed by atoms with Crippen molar-refractivity contribution in [1.82, 2.24) is 9.55 Å². The van der Waals surface area contributed by atoms with Gasteiger partial charge in [-0.15, -0.1) is 0 Å². The third-order valence-electron chi connectivity index (χ3n) is 5.38. The molecule has 10 heteroatoms. The SMILES string of the molecule is CCCCS(=O)(=O)N(CC(=O)OCC)c1ccc2c(c1)nc(CNc1ccc(C#N)cc1)n2C. The number of esters is 1. The number of nitriles is 1. The van der Waals surface area contributed by atoms with Gasteiger partial charge in [0.15, 0.2) is 0 Å². The summed E-state index contributed by atoms with van der Waals surface area (Å²) in [5.74, 6) is 0.0985. The number of rotatable bonds is 11. The maximum atomic E-state index is 13.0. The van der Waals surface area contributed by atoms with Crippen molar-refractivity contribution in [3.05, 3.63) is 53.9 Å². The van der Waals surface area contributed by atoms with E-state index in [1.165, 1.54) is 0 Å². The summed E-state index contributed by atoms with van der Waals surface area (Å²) in [6, 6.07) is 14.4. The summed E-state index contributed by atoms with van der Waals surface area (Å²) in [6.07, 6.45) is 1.22. The van der Waals surface area contributed by atoms with Gasteiger partial charge in [-0.1, -0.05) is 13.3 Å². The normalized spacial score (nSPS) is 11.2. The molecule has 0 unspecified atom stereocenters. The van der Waals surface area contributed by atoms with Gasteiger partial charge < -0.3 is 14.6 Å². The Hall–Kier alpha value is -3.58. The average molecular weight is 484 g/mol. The molecule has 0 aliphatic carbocycles. The fraction of sp³-hybridized carbons (Fsp3) is 0.375. The summed E-state index contributed by atoms with van der Waals surface area (Å²) in [4.78, 5) is 16.8. The third-order valence-corrected chi connectivity index (χ3v) is 7.20. The number of benzene rings is 2. The molecule has 1 heterocycles. The Morgan fingerprint density at radius 3 is 2.59 bits per heavy atom. The molecule has 0 aliphatic rings. The summed E-state index contributed by atoms with van der Waals surface area (Å²) in [5, 5.41) is 12.2. The van der Waals surface area contributed by atoms with Crippen LogP contribution < -0.4 is 9.62 Å². The van der Waals surface area contributed by atoms with Crippen LogP contribution in [0.5, 0.6) is 0 Å². The summed E-state index contributed by atoms with van der Waals surface area (Å²) in [7, 11) is -1.82. The highest BCUT2D eigenvalue weighted by molar-refractivity contribution is 7.92. The highest BCUT2D eigenvalue weighted by Crippen LogP contribution is 2.25. The molecule has 0 aliphatic heterocycles. The third kappa shape index (κ3) is 5.85. The zero-order valence-corrected chi connectivity index (χ0v) is 20.4. The quantitative estimate of drug-likeness (QED) is 0.414. The standard InChI is InChI=1S/C24H29N5O4S/c1-4-6-13-34(31,32)29(17-24(30)33-5-2)20-11-12-22-21(14-20)27-23(28(22)3)16-26-19-9-7-18(15-25)8-10-19/h7-12,14,26H,4-6,13,16-17H2,1-3H3. The van der Waals surface area contributed by atoms with Gasteiger partial charge in [-0.25, -0.2) is 13.4 Å². The number of carbonyl (C=O) groups excluding carboxylic acids is 1. The molecular formula is C24H29N5O4S. The first kappa shape index (κ1) is 25.1. The first-order valence-electron chi connectivity index (χ1n) is 11.1. The van der Waals surface area contributed by atoms with Crippen LogP contribution in [0.4, 0.5) is 11.4 Å². The molecule has 0 saturated carbocycles. The number of hydrogen-bond donors (Lipinski definition) is 1. The van der Waals surface area contributed by atoms with E-state index in [1.54, 1.807) is 37.3 Å². The van der Waals surface area contributed by atoms with Gasteiger partial charge in [-0.05, 0) is 55.8 Å². The summed E-state index contributed by atoms with van der Waals surface area (Å²) in [5.41, 5.74) is 3.27. The highest BCUT2D eigenvalue weighted by Gasteiger charge is 2.26. The van der Waals surface area contributed by atoms with Gasteiger partial charge in [0.05, 0.1) is 47.3 Å². The van der Waals surface area contributed by atoms with E-state index in [0.717, 1.165) is 27.8 Å². The second kappa shape index (κ2) is 11.0. The number of nitrogens with zero attached hydrogens (tertiary/aromatic N) is 4. The summed E-state index contributed by atoms with van der Waals surface area (Å²) < 4.78 is 34.1. The molecule has 0 radical (unpaired) electrons. The number of ether oxygens (including phenoxy) is 1. The Kier molecular flexibility index (Phi) is 8.12. The maximum Gasteiger partial charge on any atom is 0.326 e. The molecule has 0 bridgehead atoms. The van der Waals surface area contributed by atoms with Crippen LogP contribution in [0.15, 0.2) is 42.5 Å². The predicted octanol–water partition coefficient (Wildman–Crippen LogP) is 3.56. The number of carbonyl (C=O) groups is 1. The van der Waals surface area contributed by atoms with Gasteiger partial charge in [0, 0.05) is 12.7 Å². The average Bonchev–Trinajstić information content (AvgIpc) is 3.15. The van der Waals surface area contributed by atoms with Crippen molar-refractivity contribution in [2.45, 2.75) is 33.2 Å². The number of aryl methyl sites for hydroxylation is 1. The molecule has 1 N–H and O–H groups in total. The van der Waals surface area contributed by atoms with E-state index in [2.05, 4.69) is 16.4 Å². The van der Waals surface area contributed by atoms with Gasteiger partial charge in [0.2, 0.25) is 10.0 Å². The number of imidazole rings is 1. The number of hydrogen-bond acceptors (Lipinski definition) is 7. The van der Waals surface area contributed by atoms with E-state index >= 15 is 0 Å². The van der Waals surface area contributed by atoms with Crippen molar-refractivity contribution in [3.8, 4) is 6.07 Å². The van der Waals surface area contributed by atoms with Crippen molar-refractivity contribution >= 4 is 38.4 Å². The van der Waals surface area contributed by atoms with E-state index in [0.29, 0.717) is 29.7 Å². The van der Waals surface area contributed by atoms with Gasteiger partial charge in [0.1, 0.15) is 12.4 Å². The van der Waals surface area contributed by atoms with E-state index in [9.17, 15) is 13.2 Å². The molecule has 0 atom stereocenters. The molecule has 0 spiro atoms. The van der Waals surface area contributed by atoms with E-state index in [-0.39, 0.29) is 18.9 Å². The second-order valence-corrected chi connectivity index (χ2v) is 9.80. The lowest BCUT2D eigenvalue weighted by atomic mass is 10.2. The van der Waals surface area contributed by atoms with E-state index in [1.807, 2.05) is 30.7 Å². The first-order chi connectivity index (χ1) is 16.3. The first-order valence-corrected chi connectivity index (χ1v) is 12.8. The lowest BCUT2D eigenvalue weighted by Crippen LogP contribution is -2.38. The van der Waals surface area contributed by atoms with Crippen molar-refractivity contribution < 1.29 is 17.9 Å². The van der Waals surface area contributed by atoms with Gasteiger partial charge in [-0.2, -0.15) is 5.26 Å². The fourth-order valence-electron chi connectivity index (χ4n) is 3.51. The second-order valence-electron chi connectivity index (χ2n) is 7.78. The minimum atomic E-state index is -3.71. The zero-order chi connectivity index (χ0) is 24.7. The number of sulfonamides is 1. The molecule has 0 amide bonds. The van der Waals surface area contributed by atoms with Crippen molar-refractivity contribution in [3.63, 3.8) is 0 Å². The fourth-order valence-corrected chi connectivity index (χ4v) is 5.12. The lowest BCUT2D eigenvalue weighted by molar-refractivity contribution is -0.141. The van der Waals surface area contributed by atoms with Gasteiger partial charge in [-0.3, -0.25) is 9.10 Å². The largest absolute Gasteiger partial charge is 0.465 e. The molecule has 180 valence electrons. The lowest BCUT2D eigenvalue weighted by Gasteiger charge is -2.23. The van der Waals surface area contributed by atoms with Crippen LogP contribution in [0.2, 0.25) is 0 Å². The van der Waals surface area contributed by atoms with Crippen LogP contribution in [0.25, 0.3) is 11.0 Å². The smallest absolute Gasteiger partial charge is 0.326 e. The Labute approximate surface area is 200 Å². The Bertz CT molecular complexity index is 1290. The summed E-state index contributed by atoms with van der Waals surface area (Å²) in [6.45, 7) is 3.83. The molecule has 3 rings (SSSR count). The molecule has 9 nitrogen and oxygen atoms in total. The molecule has 0 fully saturated rings. The minimum absolute atomic E-state index is 0.0527. The van der Waals surface area contributed by atoms with Crippen LogP contribution in [0.1, 0.15) is 38.1 Å². The van der Waals surface area contributed by atoms with Crippen LogP contribution in [0, 0.1) is 11.3 Å². The van der Waals surface area contributed by atoms with Crippen LogP contribution >= 0.6 is 0 Å².